The second kappa shape index (κ2) is 11.7. The summed E-state index contributed by atoms with van der Waals surface area (Å²) in [5.41, 5.74) is 3.20. The highest BCUT2D eigenvalue weighted by molar-refractivity contribution is 6.18. The number of aliphatic hydroxyl groups is 3. The number of aromatic nitrogens is 3. The van der Waals surface area contributed by atoms with Gasteiger partial charge < -0.3 is 24.8 Å². The van der Waals surface area contributed by atoms with Gasteiger partial charge in [0, 0.05) is 5.41 Å². The second-order valence-electron chi connectivity index (χ2n) is 8.72. The van der Waals surface area contributed by atoms with E-state index in [0.29, 0.717) is 17.2 Å². The van der Waals surface area contributed by atoms with E-state index in [1.807, 2.05) is 48.5 Å². The molecule has 8 nitrogen and oxygen atoms in total. The molecule has 0 aliphatic carbocycles. The fraction of sp³-hybridized carbons (Fsp3) is 0.440. The number of ether oxygens (including phenoxy) is 2. The largest absolute Gasteiger partial charge is 0.491 e. The van der Waals surface area contributed by atoms with Crippen molar-refractivity contribution in [1.29, 1.82) is 0 Å². The Labute approximate surface area is 204 Å². The van der Waals surface area contributed by atoms with Gasteiger partial charge in [-0.05, 0) is 42.3 Å². The molecular weight excluding hydrogens is 458 g/mol. The van der Waals surface area contributed by atoms with Crippen LogP contribution in [0.15, 0.2) is 48.5 Å². The number of benzene rings is 2. The summed E-state index contributed by atoms with van der Waals surface area (Å²) in [6, 6.07) is 15.6. The average molecular weight is 490 g/mol. The summed E-state index contributed by atoms with van der Waals surface area (Å²) < 4.78 is 12.9. The fourth-order valence-electron chi connectivity index (χ4n) is 3.50. The van der Waals surface area contributed by atoms with Crippen molar-refractivity contribution in [3.05, 3.63) is 71.0 Å². The van der Waals surface area contributed by atoms with Gasteiger partial charge >= 0.3 is 0 Å². The van der Waals surface area contributed by atoms with Crippen molar-refractivity contribution in [2.24, 2.45) is 0 Å². The van der Waals surface area contributed by atoms with Crippen LogP contribution in [0.3, 0.4) is 0 Å². The van der Waals surface area contributed by atoms with E-state index in [0.717, 1.165) is 16.8 Å². The Kier molecular flexibility index (Phi) is 8.90. The lowest BCUT2D eigenvalue weighted by Crippen LogP contribution is -2.25. The van der Waals surface area contributed by atoms with Gasteiger partial charge in [-0.3, -0.25) is 0 Å². The first-order chi connectivity index (χ1) is 16.2. The van der Waals surface area contributed by atoms with E-state index < -0.39 is 12.2 Å². The van der Waals surface area contributed by atoms with Gasteiger partial charge in [-0.1, -0.05) is 43.3 Å². The minimum Gasteiger partial charge on any atom is -0.491 e. The fourth-order valence-corrected chi connectivity index (χ4v) is 3.59. The average Bonchev–Trinajstić information content (AvgIpc) is 3.20. The molecule has 3 N–H and O–H groups in total. The van der Waals surface area contributed by atoms with Crippen LogP contribution in [0.25, 0.3) is 0 Å². The van der Waals surface area contributed by atoms with Crippen LogP contribution in [-0.4, -0.2) is 61.6 Å². The van der Waals surface area contributed by atoms with Gasteiger partial charge in [0.25, 0.3) is 0 Å². The first-order valence-corrected chi connectivity index (χ1v) is 11.7. The summed E-state index contributed by atoms with van der Waals surface area (Å²) in [5.74, 6) is 1.47. The molecule has 0 aliphatic rings. The first-order valence-electron chi connectivity index (χ1n) is 11.1. The van der Waals surface area contributed by atoms with Crippen molar-refractivity contribution in [3.63, 3.8) is 0 Å². The standard InChI is InChI=1S/C25H32ClN3O5/c1-17-24(14-30)27-28-29(17)13-21(32)16-34-23-10-6-19(7-11-23)25(2,3)18-4-8-22(9-5-18)33-15-20(31)12-26/h4-11,20-21,30-32H,12-16H2,1-3H3/t20-,21+/m0/s1. The molecule has 2 aromatic carbocycles. The monoisotopic (exact) mass is 489 g/mol. The molecule has 1 aromatic heterocycles. The summed E-state index contributed by atoms with van der Waals surface area (Å²) in [5, 5.41) is 36.9. The Balaban J connectivity index is 1.56. The predicted molar refractivity (Wildman–Crippen MR) is 129 cm³/mol. The van der Waals surface area contributed by atoms with E-state index in [9.17, 15) is 15.3 Å². The van der Waals surface area contributed by atoms with Crippen molar-refractivity contribution in [2.45, 2.75) is 51.5 Å². The lowest BCUT2D eigenvalue weighted by Gasteiger charge is -2.26. The summed E-state index contributed by atoms with van der Waals surface area (Å²) in [7, 11) is 0. The van der Waals surface area contributed by atoms with Crippen molar-refractivity contribution in [3.8, 4) is 11.5 Å². The van der Waals surface area contributed by atoms with E-state index in [-0.39, 0.29) is 37.7 Å². The lowest BCUT2D eigenvalue weighted by molar-refractivity contribution is 0.0882. The van der Waals surface area contributed by atoms with Crippen LogP contribution >= 0.6 is 11.6 Å². The Morgan fingerprint density at radius 2 is 1.41 bits per heavy atom. The summed E-state index contributed by atoms with van der Waals surface area (Å²) >= 11 is 5.60. The Bertz CT molecular complexity index is 1040. The van der Waals surface area contributed by atoms with Gasteiger partial charge in [-0.25, -0.2) is 4.68 Å². The smallest absolute Gasteiger partial charge is 0.119 e. The molecule has 0 fully saturated rings. The Morgan fingerprint density at radius 1 is 0.912 bits per heavy atom. The molecule has 0 saturated carbocycles. The molecule has 0 spiro atoms. The number of halogens is 1. The second-order valence-corrected chi connectivity index (χ2v) is 9.03. The van der Waals surface area contributed by atoms with Crippen molar-refractivity contribution < 1.29 is 24.8 Å². The molecule has 9 heteroatoms. The maximum Gasteiger partial charge on any atom is 0.119 e. The molecule has 0 radical (unpaired) electrons. The zero-order chi connectivity index (χ0) is 24.7. The molecule has 0 bridgehead atoms. The molecule has 184 valence electrons. The normalized spacial score (nSPS) is 13.5. The van der Waals surface area contributed by atoms with E-state index >= 15 is 0 Å². The highest BCUT2D eigenvalue weighted by Crippen LogP contribution is 2.33. The van der Waals surface area contributed by atoms with Crippen LogP contribution in [0.5, 0.6) is 11.5 Å². The zero-order valence-electron chi connectivity index (χ0n) is 19.7. The van der Waals surface area contributed by atoms with E-state index in [2.05, 4.69) is 24.2 Å². The zero-order valence-corrected chi connectivity index (χ0v) is 20.4. The lowest BCUT2D eigenvalue weighted by atomic mass is 9.78. The van der Waals surface area contributed by atoms with Gasteiger partial charge in [0.1, 0.15) is 42.6 Å². The van der Waals surface area contributed by atoms with Gasteiger partial charge in [0.2, 0.25) is 0 Å². The van der Waals surface area contributed by atoms with Gasteiger partial charge in [-0.2, -0.15) is 0 Å². The maximum atomic E-state index is 10.3. The van der Waals surface area contributed by atoms with Crippen LogP contribution in [0.4, 0.5) is 0 Å². The Hall–Kier alpha value is -2.65. The third-order valence-electron chi connectivity index (χ3n) is 5.83. The third kappa shape index (κ3) is 6.48. The Morgan fingerprint density at radius 3 is 1.85 bits per heavy atom. The van der Waals surface area contributed by atoms with E-state index in [1.165, 1.54) is 0 Å². The van der Waals surface area contributed by atoms with Crippen molar-refractivity contribution in [1.82, 2.24) is 15.0 Å². The molecule has 2 atom stereocenters. The van der Waals surface area contributed by atoms with E-state index in [1.54, 1.807) is 11.6 Å². The number of rotatable bonds is 12. The topological polar surface area (TPSA) is 110 Å². The van der Waals surface area contributed by atoms with Crippen LogP contribution in [0.1, 0.15) is 36.4 Å². The number of hydrogen-bond donors (Lipinski definition) is 3. The highest BCUT2D eigenvalue weighted by atomic mass is 35.5. The minimum absolute atomic E-state index is 0.108. The molecule has 0 saturated heterocycles. The summed E-state index contributed by atoms with van der Waals surface area (Å²) in [4.78, 5) is 0. The molecular formula is C25H32ClN3O5. The molecule has 3 aromatic rings. The molecule has 3 rings (SSSR count). The van der Waals surface area contributed by atoms with Crippen LogP contribution in [0.2, 0.25) is 0 Å². The van der Waals surface area contributed by atoms with Gasteiger partial charge in [0.05, 0.1) is 24.7 Å². The molecule has 34 heavy (non-hydrogen) atoms. The number of aliphatic hydroxyl groups excluding tert-OH is 3. The molecule has 0 aliphatic heterocycles. The quantitative estimate of drug-likeness (QED) is 0.335. The number of alkyl halides is 1. The first kappa shape index (κ1) is 26.0. The number of hydrogen-bond acceptors (Lipinski definition) is 7. The molecule has 1 heterocycles. The summed E-state index contributed by atoms with van der Waals surface area (Å²) in [6.07, 6.45) is -1.46. The molecule has 0 unspecified atom stereocenters. The highest BCUT2D eigenvalue weighted by Gasteiger charge is 2.23. The van der Waals surface area contributed by atoms with E-state index in [4.69, 9.17) is 21.1 Å². The van der Waals surface area contributed by atoms with Crippen molar-refractivity contribution in [2.75, 3.05) is 19.1 Å². The van der Waals surface area contributed by atoms with Crippen LogP contribution in [-0.2, 0) is 18.6 Å². The van der Waals surface area contributed by atoms with Crippen LogP contribution in [0, 0.1) is 6.92 Å². The van der Waals surface area contributed by atoms with Gasteiger partial charge in [-0.15, -0.1) is 16.7 Å². The van der Waals surface area contributed by atoms with Crippen molar-refractivity contribution >= 4 is 11.6 Å². The third-order valence-corrected chi connectivity index (χ3v) is 6.18. The van der Waals surface area contributed by atoms with Crippen LogP contribution < -0.4 is 9.47 Å². The predicted octanol–water partition coefficient (Wildman–Crippen LogP) is 2.82. The maximum absolute atomic E-state index is 10.3. The van der Waals surface area contributed by atoms with Gasteiger partial charge in [0.15, 0.2) is 0 Å². The molecule has 0 amide bonds. The SMILES string of the molecule is Cc1c(CO)nnn1C[C@@H](O)COc1ccc(C(C)(C)c2ccc(OC[C@@H](O)CCl)cc2)cc1. The number of nitrogens with zero attached hydrogens (tertiary/aromatic N) is 3. The minimum atomic E-state index is -0.769. The summed E-state index contributed by atoms with van der Waals surface area (Å²) in [6.45, 7) is 6.39.